The van der Waals surface area contributed by atoms with Crippen LogP contribution in [0.1, 0.15) is 22.3 Å². The average Bonchev–Trinajstić information content (AvgIpc) is 2.87. The van der Waals surface area contributed by atoms with Crippen molar-refractivity contribution in [1.29, 1.82) is 0 Å². The molecule has 1 atom stereocenters. The lowest BCUT2D eigenvalue weighted by Crippen LogP contribution is -2.48. The van der Waals surface area contributed by atoms with Crippen LogP contribution in [0, 0.1) is 6.92 Å². The van der Waals surface area contributed by atoms with Crippen LogP contribution in [-0.2, 0) is 0 Å². The highest BCUT2D eigenvalue weighted by Gasteiger charge is 2.52. The third-order valence-corrected chi connectivity index (χ3v) is 4.50. The number of carbonyl (C=O) groups excluding carboxylic acids is 1. The van der Waals surface area contributed by atoms with Crippen LogP contribution in [0.4, 0.5) is 17.1 Å². The Morgan fingerprint density at radius 2 is 2.09 bits per heavy atom. The zero-order valence-corrected chi connectivity index (χ0v) is 12.8. The number of anilines is 2. The minimum atomic E-state index is -1.55. The SMILES string of the molecule is Cc1ccc2c(c1)C(=O)C1(O)CCN(c3cccc(N)c3)C1=N2. The number of amidine groups is 1. The van der Waals surface area contributed by atoms with Crippen molar-refractivity contribution in [2.45, 2.75) is 18.9 Å². The maximum absolute atomic E-state index is 12.8. The number of nitrogens with two attached hydrogens (primary N) is 1. The fourth-order valence-electron chi connectivity index (χ4n) is 3.29. The quantitative estimate of drug-likeness (QED) is 0.793. The van der Waals surface area contributed by atoms with Crippen LogP contribution >= 0.6 is 0 Å². The number of carbonyl (C=O) groups is 1. The van der Waals surface area contributed by atoms with Gasteiger partial charge in [-0.2, -0.15) is 0 Å². The summed E-state index contributed by atoms with van der Waals surface area (Å²) in [4.78, 5) is 19.3. The Morgan fingerprint density at radius 3 is 2.87 bits per heavy atom. The number of benzene rings is 2. The number of aliphatic imine (C=N–C) groups is 1. The maximum Gasteiger partial charge on any atom is 0.204 e. The normalized spacial score (nSPS) is 22.6. The van der Waals surface area contributed by atoms with Gasteiger partial charge in [-0.25, -0.2) is 4.99 Å². The van der Waals surface area contributed by atoms with Gasteiger partial charge >= 0.3 is 0 Å². The molecule has 1 unspecified atom stereocenters. The molecular weight excluding hydrogens is 290 g/mol. The number of aliphatic hydroxyl groups is 1. The molecule has 23 heavy (non-hydrogen) atoms. The molecule has 1 fully saturated rings. The molecule has 2 aromatic rings. The predicted molar refractivity (Wildman–Crippen MR) is 90.4 cm³/mol. The summed E-state index contributed by atoms with van der Waals surface area (Å²) in [6, 6.07) is 12.9. The van der Waals surface area contributed by atoms with E-state index in [-0.39, 0.29) is 5.78 Å². The van der Waals surface area contributed by atoms with Crippen molar-refractivity contribution in [1.82, 2.24) is 0 Å². The van der Waals surface area contributed by atoms with Crippen molar-refractivity contribution in [2.24, 2.45) is 4.99 Å². The monoisotopic (exact) mass is 307 g/mol. The number of Topliss-reactive ketones (excluding diaryl/α,β-unsaturated/α-hetero) is 1. The van der Waals surface area contributed by atoms with Crippen molar-refractivity contribution in [3.8, 4) is 0 Å². The molecule has 0 saturated carbocycles. The van der Waals surface area contributed by atoms with Crippen LogP contribution in [0.3, 0.4) is 0 Å². The molecular formula is C18H17N3O2. The number of hydrogen-bond donors (Lipinski definition) is 2. The topological polar surface area (TPSA) is 78.9 Å². The minimum Gasteiger partial charge on any atom is -0.399 e. The minimum absolute atomic E-state index is 0.271. The van der Waals surface area contributed by atoms with E-state index in [1.165, 1.54) is 0 Å². The van der Waals surface area contributed by atoms with Gasteiger partial charge in [0.15, 0.2) is 5.60 Å². The lowest BCUT2D eigenvalue weighted by molar-refractivity contribution is 0.0602. The first-order valence-electron chi connectivity index (χ1n) is 7.59. The number of fused-ring (bicyclic) bond motifs is 2. The highest BCUT2D eigenvalue weighted by atomic mass is 16.3. The predicted octanol–water partition coefficient (Wildman–Crippen LogP) is 2.44. The Bertz CT molecular complexity index is 859. The van der Waals surface area contributed by atoms with Gasteiger partial charge in [0.25, 0.3) is 0 Å². The molecule has 116 valence electrons. The van der Waals surface area contributed by atoms with E-state index in [0.29, 0.717) is 35.7 Å². The second-order valence-corrected chi connectivity index (χ2v) is 6.14. The zero-order valence-electron chi connectivity index (χ0n) is 12.8. The first-order chi connectivity index (χ1) is 11.0. The van der Waals surface area contributed by atoms with Crippen molar-refractivity contribution >= 4 is 28.7 Å². The second-order valence-electron chi connectivity index (χ2n) is 6.14. The van der Waals surface area contributed by atoms with Crippen molar-refractivity contribution in [3.05, 3.63) is 53.6 Å². The molecule has 0 bridgehead atoms. The zero-order chi connectivity index (χ0) is 16.2. The number of rotatable bonds is 1. The Hall–Kier alpha value is -2.66. The van der Waals surface area contributed by atoms with Crippen LogP contribution in [0.5, 0.6) is 0 Å². The first kappa shape index (κ1) is 14.0. The smallest absolute Gasteiger partial charge is 0.204 e. The Kier molecular flexibility index (Phi) is 2.83. The summed E-state index contributed by atoms with van der Waals surface area (Å²) in [7, 11) is 0. The van der Waals surface area contributed by atoms with E-state index in [1.54, 1.807) is 12.1 Å². The molecule has 0 aliphatic carbocycles. The lowest BCUT2D eigenvalue weighted by Gasteiger charge is -2.29. The fraction of sp³-hybridized carbons (Fsp3) is 0.222. The second kappa shape index (κ2) is 4.67. The van der Waals surface area contributed by atoms with Crippen LogP contribution in [0.15, 0.2) is 47.5 Å². The molecule has 2 aromatic carbocycles. The molecule has 0 radical (unpaired) electrons. The third kappa shape index (κ3) is 1.97. The van der Waals surface area contributed by atoms with E-state index in [9.17, 15) is 9.90 Å². The van der Waals surface area contributed by atoms with Gasteiger partial charge in [-0.05, 0) is 37.3 Å². The molecule has 0 aromatic heterocycles. The standard InChI is InChI=1S/C18H17N3O2/c1-11-5-6-15-14(9-11)16(22)18(23)7-8-21(17(18)20-15)13-4-2-3-12(19)10-13/h2-6,9-10,23H,7-8,19H2,1H3. The average molecular weight is 307 g/mol. The molecule has 1 saturated heterocycles. The number of nitrogens with zero attached hydrogens (tertiary/aromatic N) is 2. The number of nitrogen functional groups attached to an aromatic ring is 1. The number of hydrogen-bond acceptors (Lipinski definition) is 5. The van der Waals surface area contributed by atoms with E-state index < -0.39 is 5.60 Å². The van der Waals surface area contributed by atoms with Gasteiger partial charge in [-0.15, -0.1) is 0 Å². The van der Waals surface area contributed by atoms with E-state index >= 15 is 0 Å². The van der Waals surface area contributed by atoms with Crippen molar-refractivity contribution < 1.29 is 9.90 Å². The third-order valence-electron chi connectivity index (χ3n) is 4.50. The molecule has 5 nitrogen and oxygen atoms in total. The molecule has 0 amide bonds. The van der Waals surface area contributed by atoms with E-state index in [0.717, 1.165) is 11.3 Å². The van der Waals surface area contributed by atoms with E-state index in [2.05, 4.69) is 4.99 Å². The summed E-state index contributed by atoms with van der Waals surface area (Å²) in [6.07, 6.45) is 0.326. The molecule has 3 N–H and O–H groups in total. The largest absolute Gasteiger partial charge is 0.399 e. The molecule has 2 aliphatic rings. The number of ketones is 1. The molecule has 2 heterocycles. The summed E-state index contributed by atoms with van der Waals surface area (Å²) < 4.78 is 0. The number of aryl methyl sites for hydroxylation is 1. The molecule has 0 spiro atoms. The Labute approximate surface area is 134 Å². The van der Waals surface area contributed by atoms with Gasteiger partial charge in [0.2, 0.25) is 5.78 Å². The fourth-order valence-corrected chi connectivity index (χ4v) is 3.29. The van der Waals surface area contributed by atoms with Gasteiger partial charge in [-0.1, -0.05) is 17.7 Å². The molecule has 5 heteroatoms. The summed E-state index contributed by atoms with van der Waals surface area (Å²) in [5, 5.41) is 11.0. The molecule has 2 aliphatic heterocycles. The van der Waals surface area contributed by atoms with Gasteiger partial charge < -0.3 is 15.7 Å². The van der Waals surface area contributed by atoms with E-state index in [1.807, 2.05) is 42.2 Å². The summed E-state index contributed by atoms with van der Waals surface area (Å²) in [6.45, 7) is 2.45. The van der Waals surface area contributed by atoms with Crippen LogP contribution in [0.2, 0.25) is 0 Å². The highest BCUT2D eigenvalue weighted by molar-refractivity contribution is 6.28. The highest BCUT2D eigenvalue weighted by Crippen LogP contribution is 2.39. The molecule has 4 rings (SSSR count). The summed E-state index contributed by atoms with van der Waals surface area (Å²) in [5.41, 5.74) is 7.85. The van der Waals surface area contributed by atoms with Crippen molar-refractivity contribution in [2.75, 3.05) is 17.2 Å². The first-order valence-corrected chi connectivity index (χ1v) is 7.59. The Balaban J connectivity index is 1.87. The van der Waals surface area contributed by atoms with E-state index in [4.69, 9.17) is 5.73 Å². The summed E-state index contributed by atoms with van der Waals surface area (Å²) in [5.74, 6) is 0.122. The van der Waals surface area contributed by atoms with Crippen LogP contribution < -0.4 is 10.6 Å². The Morgan fingerprint density at radius 1 is 1.26 bits per heavy atom. The lowest BCUT2D eigenvalue weighted by atomic mass is 9.87. The van der Waals surface area contributed by atoms with Crippen molar-refractivity contribution in [3.63, 3.8) is 0 Å². The maximum atomic E-state index is 12.8. The van der Waals surface area contributed by atoms with Gasteiger partial charge in [0.05, 0.1) is 5.69 Å². The van der Waals surface area contributed by atoms with Gasteiger partial charge in [0, 0.05) is 29.9 Å². The summed E-state index contributed by atoms with van der Waals surface area (Å²) >= 11 is 0. The van der Waals surface area contributed by atoms with Gasteiger partial charge in [0.1, 0.15) is 5.84 Å². The van der Waals surface area contributed by atoms with Gasteiger partial charge in [-0.3, -0.25) is 4.79 Å². The van der Waals surface area contributed by atoms with Crippen LogP contribution in [-0.4, -0.2) is 28.9 Å². The van der Waals surface area contributed by atoms with Crippen LogP contribution in [0.25, 0.3) is 0 Å².